The van der Waals surface area contributed by atoms with Gasteiger partial charge in [-0.15, -0.1) is 0 Å². The first kappa shape index (κ1) is 22.4. The molecule has 1 heterocycles. The van der Waals surface area contributed by atoms with Gasteiger partial charge in [0.2, 0.25) is 0 Å². The average Bonchev–Trinajstić information content (AvgIpc) is 3.31. The summed E-state index contributed by atoms with van der Waals surface area (Å²) in [7, 11) is 0. The van der Waals surface area contributed by atoms with Crippen LogP contribution in [0.1, 0.15) is 29.2 Å². The van der Waals surface area contributed by atoms with Gasteiger partial charge in [0, 0.05) is 27.7 Å². The summed E-state index contributed by atoms with van der Waals surface area (Å²) in [6.45, 7) is 0. The molecule has 0 amide bonds. The molecule has 34 heavy (non-hydrogen) atoms. The van der Waals surface area contributed by atoms with Crippen molar-refractivity contribution in [2.75, 3.05) is 5.01 Å². The fraction of sp³-hybridized carbons (Fsp3) is 0.0714. The van der Waals surface area contributed by atoms with Gasteiger partial charge in [0.1, 0.15) is 5.75 Å². The third-order valence-electron chi connectivity index (χ3n) is 5.71. The van der Waals surface area contributed by atoms with Gasteiger partial charge in [-0.25, -0.2) is 0 Å². The van der Waals surface area contributed by atoms with Crippen LogP contribution >= 0.6 is 27.5 Å². The van der Waals surface area contributed by atoms with Crippen LogP contribution in [0, 0.1) is 0 Å². The second-order valence-electron chi connectivity index (χ2n) is 8.01. The molecular weight excluding hydrogens is 510 g/mol. The number of rotatable bonds is 5. The van der Waals surface area contributed by atoms with Gasteiger partial charge in [0.25, 0.3) is 0 Å². The van der Waals surface area contributed by atoms with Gasteiger partial charge in [-0.1, -0.05) is 70.0 Å². The molecule has 5 rings (SSSR count). The van der Waals surface area contributed by atoms with Crippen molar-refractivity contribution in [1.29, 1.82) is 0 Å². The lowest BCUT2D eigenvalue weighted by Gasteiger charge is -2.24. The molecule has 0 bridgehead atoms. The average molecular weight is 531 g/mol. The van der Waals surface area contributed by atoms with Crippen LogP contribution < -0.4 is 5.01 Å². The summed E-state index contributed by atoms with van der Waals surface area (Å²) in [4.78, 5) is 4.56. The molecule has 1 N–H and O–H groups in total. The molecule has 4 aromatic carbocycles. The van der Waals surface area contributed by atoms with Gasteiger partial charge in [-0.2, -0.15) is 5.10 Å². The lowest BCUT2D eigenvalue weighted by Crippen LogP contribution is -2.18. The molecule has 0 saturated heterocycles. The molecule has 0 saturated carbocycles. The summed E-state index contributed by atoms with van der Waals surface area (Å²) < 4.78 is 1.05. The minimum absolute atomic E-state index is 0.0982. The number of hydrogen-bond donors (Lipinski definition) is 1. The first-order chi connectivity index (χ1) is 16.6. The Kier molecular flexibility index (Phi) is 6.48. The fourth-order valence-corrected chi connectivity index (χ4v) is 4.43. The van der Waals surface area contributed by atoms with Crippen molar-refractivity contribution < 1.29 is 5.11 Å². The molecule has 4 aromatic rings. The van der Waals surface area contributed by atoms with E-state index in [1.54, 1.807) is 24.4 Å². The van der Waals surface area contributed by atoms with Crippen LogP contribution in [0.25, 0.3) is 0 Å². The highest BCUT2D eigenvalue weighted by atomic mass is 79.9. The smallest absolute Gasteiger partial charge is 0.124 e. The third-order valence-corrected chi connectivity index (χ3v) is 6.47. The number of aromatic hydroxyl groups is 1. The number of phenols is 1. The summed E-state index contributed by atoms with van der Waals surface area (Å²) >= 11 is 9.58. The Balaban J connectivity index is 1.46. The molecule has 6 heteroatoms. The number of halogens is 2. The zero-order chi connectivity index (χ0) is 23.5. The number of benzene rings is 4. The van der Waals surface area contributed by atoms with Crippen molar-refractivity contribution >= 4 is 50.8 Å². The summed E-state index contributed by atoms with van der Waals surface area (Å²) in [5.41, 5.74) is 5.62. The van der Waals surface area contributed by atoms with Gasteiger partial charge >= 0.3 is 0 Å². The molecule has 0 aliphatic carbocycles. The van der Waals surface area contributed by atoms with E-state index in [4.69, 9.17) is 16.7 Å². The van der Waals surface area contributed by atoms with Crippen LogP contribution in [0.2, 0.25) is 5.02 Å². The Morgan fingerprint density at radius 2 is 1.74 bits per heavy atom. The normalized spacial score (nSPS) is 15.6. The van der Waals surface area contributed by atoms with E-state index in [1.165, 1.54) is 5.56 Å². The quantitative estimate of drug-likeness (QED) is 0.266. The van der Waals surface area contributed by atoms with E-state index in [9.17, 15) is 5.11 Å². The van der Waals surface area contributed by atoms with Gasteiger partial charge in [-0.3, -0.25) is 10.0 Å². The van der Waals surface area contributed by atoms with Crippen molar-refractivity contribution in [2.45, 2.75) is 12.5 Å². The van der Waals surface area contributed by atoms with Gasteiger partial charge in [0.15, 0.2) is 0 Å². The Bertz CT molecular complexity index is 1370. The van der Waals surface area contributed by atoms with Crippen LogP contribution in [-0.4, -0.2) is 17.0 Å². The molecule has 1 atom stereocenters. The zero-order valence-corrected chi connectivity index (χ0v) is 20.5. The Hall–Kier alpha value is -3.41. The molecule has 0 radical (unpaired) electrons. The van der Waals surface area contributed by atoms with E-state index in [-0.39, 0.29) is 11.8 Å². The van der Waals surface area contributed by atoms with Crippen LogP contribution in [0.4, 0.5) is 11.4 Å². The van der Waals surface area contributed by atoms with Crippen molar-refractivity contribution in [3.63, 3.8) is 0 Å². The maximum Gasteiger partial charge on any atom is 0.124 e. The largest absolute Gasteiger partial charge is 0.507 e. The lowest BCUT2D eigenvalue weighted by molar-refractivity contribution is 0.474. The lowest BCUT2D eigenvalue weighted by atomic mass is 9.98. The highest BCUT2D eigenvalue weighted by molar-refractivity contribution is 9.10. The topological polar surface area (TPSA) is 48.2 Å². The van der Waals surface area contributed by atoms with Crippen LogP contribution in [0.15, 0.2) is 112 Å². The molecule has 4 nitrogen and oxygen atoms in total. The van der Waals surface area contributed by atoms with Crippen LogP contribution in [-0.2, 0) is 0 Å². The summed E-state index contributed by atoms with van der Waals surface area (Å²) in [6.07, 6.45) is 2.40. The second-order valence-corrected chi connectivity index (χ2v) is 9.36. The molecular formula is C28H21BrClN3O. The van der Waals surface area contributed by atoms with Gasteiger partial charge < -0.3 is 5.11 Å². The van der Waals surface area contributed by atoms with Crippen molar-refractivity contribution in [3.8, 4) is 5.75 Å². The Morgan fingerprint density at radius 3 is 2.53 bits per heavy atom. The minimum atomic E-state index is 0.0982. The number of phenolic OH excluding ortho intramolecular Hbond substituents is 1. The first-order valence-electron chi connectivity index (χ1n) is 10.9. The van der Waals surface area contributed by atoms with E-state index < -0.39 is 0 Å². The standard InChI is InChI=1S/C28H21BrClN3O/c29-22-11-9-19(10-12-22)27-17-26(32-33(27)25-7-2-1-3-8-25)20-5-4-6-24(16-20)31-18-21-15-23(30)13-14-28(21)34/h1-16,18,27,34H,17H2. The Morgan fingerprint density at radius 1 is 0.941 bits per heavy atom. The number of aliphatic imine (C=N–C) groups is 1. The predicted molar refractivity (Wildman–Crippen MR) is 144 cm³/mol. The number of hydrazone groups is 1. The maximum absolute atomic E-state index is 10.1. The highest BCUT2D eigenvalue weighted by Gasteiger charge is 2.29. The number of para-hydroxylation sites is 1. The summed E-state index contributed by atoms with van der Waals surface area (Å²) in [5.74, 6) is 0.139. The first-order valence-corrected chi connectivity index (χ1v) is 12.0. The highest BCUT2D eigenvalue weighted by Crippen LogP contribution is 2.37. The SMILES string of the molecule is Oc1ccc(Cl)cc1C=Nc1cccc(C2=NN(c3ccccc3)C(c3ccc(Br)cc3)C2)c1. The molecule has 0 spiro atoms. The number of nitrogens with zero attached hydrogens (tertiary/aromatic N) is 3. The Labute approximate surface area is 212 Å². The van der Waals surface area contributed by atoms with Gasteiger partial charge in [0.05, 0.1) is 23.1 Å². The number of anilines is 1. The van der Waals surface area contributed by atoms with Gasteiger partial charge in [-0.05, 0) is 65.7 Å². The molecule has 0 aromatic heterocycles. The van der Waals surface area contributed by atoms with Crippen molar-refractivity contribution in [2.24, 2.45) is 10.1 Å². The minimum Gasteiger partial charge on any atom is -0.507 e. The summed E-state index contributed by atoms with van der Waals surface area (Å²) in [6, 6.07) is 31.6. The molecule has 0 fully saturated rings. The van der Waals surface area contributed by atoms with Crippen molar-refractivity contribution in [3.05, 3.63) is 123 Å². The molecule has 168 valence electrons. The van der Waals surface area contributed by atoms with Crippen LogP contribution in [0.5, 0.6) is 5.75 Å². The molecule has 1 unspecified atom stereocenters. The molecule has 1 aliphatic rings. The predicted octanol–water partition coefficient (Wildman–Crippen LogP) is 7.91. The summed E-state index contributed by atoms with van der Waals surface area (Å²) in [5, 5.41) is 17.7. The second kappa shape index (κ2) is 9.84. The van der Waals surface area contributed by atoms with Crippen LogP contribution in [0.3, 0.4) is 0 Å². The van der Waals surface area contributed by atoms with E-state index >= 15 is 0 Å². The monoisotopic (exact) mass is 529 g/mol. The van der Waals surface area contributed by atoms with E-state index in [0.29, 0.717) is 10.6 Å². The zero-order valence-electron chi connectivity index (χ0n) is 18.1. The third kappa shape index (κ3) is 4.91. The van der Waals surface area contributed by atoms with E-state index in [0.717, 1.165) is 33.5 Å². The molecule has 1 aliphatic heterocycles. The van der Waals surface area contributed by atoms with E-state index in [2.05, 4.69) is 68.4 Å². The number of hydrogen-bond acceptors (Lipinski definition) is 4. The fourth-order valence-electron chi connectivity index (χ4n) is 3.99. The maximum atomic E-state index is 10.1. The van der Waals surface area contributed by atoms with E-state index in [1.807, 2.05) is 36.4 Å². The van der Waals surface area contributed by atoms with Crippen molar-refractivity contribution in [1.82, 2.24) is 0 Å².